The summed E-state index contributed by atoms with van der Waals surface area (Å²) in [6, 6.07) is 19.3. The summed E-state index contributed by atoms with van der Waals surface area (Å²) in [4.78, 5) is 7.02. The fraction of sp³-hybridized carbons (Fsp3) is 0.167. The molecule has 0 bridgehead atoms. The molecule has 20 heavy (non-hydrogen) atoms. The molecule has 0 radical (unpaired) electrons. The average molecular weight is 260 g/mol. The van der Waals surface area contributed by atoms with E-state index in [9.17, 15) is 0 Å². The van der Waals surface area contributed by atoms with Crippen LogP contribution in [0.15, 0.2) is 60.8 Å². The summed E-state index contributed by atoms with van der Waals surface area (Å²) in [5, 5.41) is 2.51. The molecule has 4 rings (SSSR count). The predicted molar refractivity (Wildman–Crippen MR) is 82.9 cm³/mol. The van der Waals surface area contributed by atoms with Crippen molar-refractivity contribution in [3.8, 4) is 0 Å². The van der Waals surface area contributed by atoms with Crippen molar-refractivity contribution in [2.75, 3.05) is 11.4 Å². The Kier molecular flexibility index (Phi) is 2.66. The lowest BCUT2D eigenvalue weighted by Crippen LogP contribution is -2.31. The van der Waals surface area contributed by atoms with Crippen LogP contribution < -0.4 is 4.90 Å². The van der Waals surface area contributed by atoms with Crippen LogP contribution in [0.1, 0.15) is 11.1 Å². The monoisotopic (exact) mass is 260 g/mol. The van der Waals surface area contributed by atoms with E-state index >= 15 is 0 Å². The molecule has 2 heterocycles. The fourth-order valence-corrected chi connectivity index (χ4v) is 3.03. The minimum Gasteiger partial charge on any atom is -0.351 e. The van der Waals surface area contributed by atoms with Gasteiger partial charge in [-0.2, -0.15) is 0 Å². The number of fused-ring (bicyclic) bond motifs is 2. The van der Waals surface area contributed by atoms with Crippen LogP contribution in [-0.2, 0) is 13.0 Å². The van der Waals surface area contributed by atoms with E-state index in [1.165, 1.54) is 21.9 Å². The van der Waals surface area contributed by atoms with E-state index in [1.54, 1.807) is 0 Å². The first-order valence-corrected chi connectivity index (χ1v) is 7.07. The Morgan fingerprint density at radius 3 is 2.60 bits per heavy atom. The third kappa shape index (κ3) is 1.85. The third-order valence-electron chi connectivity index (χ3n) is 4.08. The normalized spacial score (nSPS) is 14.3. The number of hydrogen-bond donors (Lipinski definition) is 0. The van der Waals surface area contributed by atoms with E-state index in [0.717, 1.165) is 25.3 Å². The van der Waals surface area contributed by atoms with Crippen molar-refractivity contribution in [3.63, 3.8) is 0 Å². The number of benzene rings is 2. The largest absolute Gasteiger partial charge is 0.351 e. The highest BCUT2D eigenvalue weighted by Gasteiger charge is 2.18. The molecule has 2 heteroatoms. The molecule has 0 aliphatic carbocycles. The maximum atomic E-state index is 4.63. The summed E-state index contributed by atoms with van der Waals surface area (Å²) in [5.74, 6) is 1.11. The summed E-state index contributed by atoms with van der Waals surface area (Å²) in [5.41, 5.74) is 2.90. The second-order valence-corrected chi connectivity index (χ2v) is 5.30. The van der Waals surface area contributed by atoms with E-state index in [-0.39, 0.29) is 0 Å². The highest BCUT2D eigenvalue weighted by atomic mass is 15.2. The molecular weight excluding hydrogens is 244 g/mol. The van der Waals surface area contributed by atoms with Gasteiger partial charge in [-0.25, -0.2) is 4.98 Å². The zero-order chi connectivity index (χ0) is 13.4. The number of anilines is 1. The number of rotatable bonds is 1. The van der Waals surface area contributed by atoms with Crippen molar-refractivity contribution in [3.05, 3.63) is 71.9 Å². The maximum absolute atomic E-state index is 4.63. The van der Waals surface area contributed by atoms with Gasteiger partial charge in [-0.3, -0.25) is 0 Å². The van der Waals surface area contributed by atoms with Gasteiger partial charge in [-0.15, -0.1) is 0 Å². The van der Waals surface area contributed by atoms with Gasteiger partial charge in [0.2, 0.25) is 0 Å². The minimum absolute atomic E-state index is 0.956. The number of aromatic nitrogens is 1. The zero-order valence-corrected chi connectivity index (χ0v) is 11.3. The Hall–Kier alpha value is -2.35. The van der Waals surface area contributed by atoms with Crippen LogP contribution in [0.4, 0.5) is 5.82 Å². The van der Waals surface area contributed by atoms with Crippen LogP contribution >= 0.6 is 0 Å². The van der Waals surface area contributed by atoms with Gasteiger partial charge in [0.15, 0.2) is 0 Å². The SMILES string of the molecule is c1ccc2c(c1)CCN(c1nccc3ccccc13)C2. The predicted octanol–water partition coefficient (Wildman–Crippen LogP) is 3.80. The highest BCUT2D eigenvalue weighted by molar-refractivity contribution is 5.92. The van der Waals surface area contributed by atoms with Crippen molar-refractivity contribution >= 4 is 16.6 Å². The second kappa shape index (κ2) is 4.64. The molecule has 0 N–H and O–H groups in total. The molecular formula is C18H16N2. The van der Waals surface area contributed by atoms with Crippen molar-refractivity contribution in [1.29, 1.82) is 0 Å². The highest BCUT2D eigenvalue weighted by Crippen LogP contribution is 2.28. The second-order valence-electron chi connectivity index (χ2n) is 5.30. The van der Waals surface area contributed by atoms with Crippen LogP contribution in [0, 0.1) is 0 Å². The molecule has 0 spiro atoms. The summed E-state index contributed by atoms with van der Waals surface area (Å²) in [7, 11) is 0. The molecule has 3 aromatic rings. The Balaban J connectivity index is 1.78. The smallest absolute Gasteiger partial charge is 0.136 e. The van der Waals surface area contributed by atoms with Crippen LogP contribution in [0.3, 0.4) is 0 Å². The van der Waals surface area contributed by atoms with Crippen LogP contribution in [0.2, 0.25) is 0 Å². The molecule has 0 saturated heterocycles. The van der Waals surface area contributed by atoms with Gasteiger partial charge in [0.25, 0.3) is 0 Å². The van der Waals surface area contributed by atoms with E-state index in [4.69, 9.17) is 0 Å². The van der Waals surface area contributed by atoms with Crippen molar-refractivity contribution < 1.29 is 0 Å². The molecule has 1 aromatic heterocycles. The molecule has 2 nitrogen and oxygen atoms in total. The fourth-order valence-electron chi connectivity index (χ4n) is 3.03. The Morgan fingerprint density at radius 1 is 0.850 bits per heavy atom. The Bertz CT molecular complexity index is 759. The summed E-state index contributed by atoms with van der Waals surface area (Å²) in [6.45, 7) is 2.00. The number of hydrogen-bond acceptors (Lipinski definition) is 2. The van der Waals surface area contributed by atoms with Gasteiger partial charge in [0, 0.05) is 24.7 Å². The lowest BCUT2D eigenvalue weighted by molar-refractivity contribution is 0.724. The van der Waals surface area contributed by atoms with Gasteiger partial charge in [0.1, 0.15) is 5.82 Å². The van der Waals surface area contributed by atoms with Crippen molar-refractivity contribution in [2.24, 2.45) is 0 Å². The lowest BCUT2D eigenvalue weighted by Gasteiger charge is -2.30. The molecule has 0 unspecified atom stereocenters. The van der Waals surface area contributed by atoms with Crippen molar-refractivity contribution in [1.82, 2.24) is 4.98 Å². The first-order valence-electron chi connectivity index (χ1n) is 7.07. The molecule has 98 valence electrons. The van der Waals surface area contributed by atoms with Crippen LogP contribution in [0.5, 0.6) is 0 Å². The molecule has 0 amide bonds. The van der Waals surface area contributed by atoms with E-state index in [0.29, 0.717) is 0 Å². The van der Waals surface area contributed by atoms with Gasteiger partial charge < -0.3 is 4.90 Å². The maximum Gasteiger partial charge on any atom is 0.136 e. The molecule has 0 fully saturated rings. The first-order chi connectivity index (χ1) is 9.92. The van der Waals surface area contributed by atoms with Gasteiger partial charge in [-0.1, -0.05) is 48.5 Å². The van der Waals surface area contributed by atoms with E-state index in [1.807, 2.05) is 6.20 Å². The number of pyridine rings is 1. The van der Waals surface area contributed by atoms with Gasteiger partial charge in [0.05, 0.1) is 0 Å². The minimum atomic E-state index is 0.956. The Labute approximate surface area is 118 Å². The third-order valence-corrected chi connectivity index (χ3v) is 4.08. The average Bonchev–Trinajstić information content (AvgIpc) is 2.54. The summed E-state index contributed by atoms with van der Waals surface area (Å²) < 4.78 is 0. The molecule has 0 atom stereocenters. The Morgan fingerprint density at radius 2 is 1.65 bits per heavy atom. The standard InChI is InChI=1S/C18H16N2/c1-2-7-16-13-20(12-10-14(16)5-1)18-17-8-4-3-6-15(17)9-11-19-18/h1-9,11H,10,12-13H2. The quantitative estimate of drug-likeness (QED) is 0.661. The van der Waals surface area contributed by atoms with Gasteiger partial charge >= 0.3 is 0 Å². The zero-order valence-electron chi connectivity index (χ0n) is 11.3. The molecule has 1 aliphatic heterocycles. The van der Waals surface area contributed by atoms with Crippen LogP contribution in [-0.4, -0.2) is 11.5 Å². The molecule has 2 aromatic carbocycles. The van der Waals surface area contributed by atoms with Gasteiger partial charge in [-0.05, 0) is 29.0 Å². The lowest BCUT2D eigenvalue weighted by atomic mass is 9.99. The topological polar surface area (TPSA) is 16.1 Å². The molecule has 1 aliphatic rings. The summed E-state index contributed by atoms with van der Waals surface area (Å²) >= 11 is 0. The van der Waals surface area contributed by atoms with Crippen LogP contribution in [0.25, 0.3) is 10.8 Å². The summed E-state index contributed by atoms with van der Waals surface area (Å²) in [6.07, 6.45) is 3.01. The van der Waals surface area contributed by atoms with E-state index < -0.39 is 0 Å². The molecule has 0 saturated carbocycles. The van der Waals surface area contributed by atoms with E-state index in [2.05, 4.69) is 64.5 Å². The number of nitrogens with zero attached hydrogens (tertiary/aromatic N) is 2. The first kappa shape index (κ1) is 11.5. The van der Waals surface area contributed by atoms with Crippen molar-refractivity contribution in [2.45, 2.75) is 13.0 Å².